The van der Waals surface area contributed by atoms with Gasteiger partial charge < -0.3 is 20.2 Å². The van der Waals surface area contributed by atoms with Gasteiger partial charge in [-0.05, 0) is 20.8 Å². The number of hydrogen-bond acceptors (Lipinski definition) is 3. The number of aliphatic carboxylic acids is 1. The quantitative estimate of drug-likeness (QED) is 0.700. The molecule has 0 aromatic carbocycles. The topological polar surface area (TPSA) is 90.0 Å². The minimum atomic E-state index is -0.957. The molecule has 0 aliphatic carbocycles. The van der Waals surface area contributed by atoms with Crippen molar-refractivity contribution < 1.29 is 19.5 Å². The van der Waals surface area contributed by atoms with Crippen LogP contribution in [0.1, 0.15) is 27.2 Å². The summed E-state index contributed by atoms with van der Waals surface area (Å²) in [7, 11) is 1.66. The smallest absolute Gasteiger partial charge is 0.318 e. The van der Waals surface area contributed by atoms with E-state index < -0.39 is 18.0 Å². The maximum absolute atomic E-state index is 11.9. The highest BCUT2D eigenvalue weighted by Gasteiger charge is 2.21. The molecular weight excluding hydrogens is 250 g/mol. The molecule has 0 spiro atoms. The lowest BCUT2D eigenvalue weighted by atomic mass is 10.3. The van der Waals surface area contributed by atoms with Crippen molar-refractivity contribution in [3.63, 3.8) is 0 Å². The highest BCUT2D eigenvalue weighted by Crippen LogP contribution is 1.97. The molecule has 0 radical (unpaired) electrons. The molecule has 0 fully saturated rings. The van der Waals surface area contributed by atoms with Crippen molar-refractivity contribution in [3.05, 3.63) is 0 Å². The van der Waals surface area contributed by atoms with E-state index in [0.717, 1.165) is 0 Å². The van der Waals surface area contributed by atoms with Crippen molar-refractivity contribution in [1.82, 2.24) is 15.1 Å². The molecule has 7 heteroatoms. The van der Waals surface area contributed by atoms with Crippen LogP contribution in [-0.2, 0) is 9.59 Å². The number of carbonyl (C=O) groups is 3. The second-order valence-electron chi connectivity index (χ2n) is 4.25. The molecule has 0 aromatic heterocycles. The lowest BCUT2D eigenvalue weighted by Crippen LogP contribution is -2.50. The third-order valence-electron chi connectivity index (χ3n) is 2.83. The van der Waals surface area contributed by atoms with Crippen LogP contribution in [0.3, 0.4) is 0 Å². The van der Waals surface area contributed by atoms with Gasteiger partial charge in [-0.2, -0.15) is 0 Å². The monoisotopic (exact) mass is 273 g/mol. The first-order chi connectivity index (χ1) is 8.83. The Morgan fingerprint density at radius 1 is 1.21 bits per heavy atom. The zero-order valence-corrected chi connectivity index (χ0v) is 12.0. The van der Waals surface area contributed by atoms with Gasteiger partial charge in [0.15, 0.2) is 0 Å². The van der Waals surface area contributed by atoms with E-state index in [2.05, 4.69) is 5.32 Å². The molecule has 0 rings (SSSR count). The third-order valence-corrected chi connectivity index (χ3v) is 2.83. The van der Waals surface area contributed by atoms with E-state index in [9.17, 15) is 14.4 Å². The Bertz CT molecular complexity index is 333. The Morgan fingerprint density at radius 3 is 2.21 bits per heavy atom. The molecule has 0 heterocycles. The van der Waals surface area contributed by atoms with Crippen LogP contribution in [0.15, 0.2) is 0 Å². The van der Waals surface area contributed by atoms with Crippen LogP contribution < -0.4 is 5.32 Å². The Balaban J connectivity index is 4.39. The second-order valence-corrected chi connectivity index (χ2v) is 4.25. The van der Waals surface area contributed by atoms with Crippen LogP contribution in [-0.4, -0.2) is 65.5 Å². The molecule has 110 valence electrons. The van der Waals surface area contributed by atoms with Crippen LogP contribution in [0.5, 0.6) is 0 Å². The summed E-state index contributed by atoms with van der Waals surface area (Å²) in [4.78, 5) is 37.0. The summed E-state index contributed by atoms with van der Waals surface area (Å²) >= 11 is 0. The molecule has 1 unspecified atom stereocenters. The van der Waals surface area contributed by atoms with Crippen LogP contribution in [0.2, 0.25) is 0 Å². The fraction of sp³-hybridized carbons (Fsp3) is 0.750. The van der Waals surface area contributed by atoms with Crippen LogP contribution in [0.25, 0.3) is 0 Å². The van der Waals surface area contributed by atoms with Gasteiger partial charge in [-0.1, -0.05) is 0 Å². The number of carboxylic acid groups (broad SMARTS) is 1. The van der Waals surface area contributed by atoms with E-state index in [1.54, 1.807) is 20.9 Å². The number of hydrogen-bond donors (Lipinski definition) is 2. The van der Waals surface area contributed by atoms with Gasteiger partial charge >= 0.3 is 12.0 Å². The van der Waals surface area contributed by atoms with Gasteiger partial charge in [-0.25, -0.2) is 4.79 Å². The Labute approximate surface area is 113 Å². The van der Waals surface area contributed by atoms with E-state index in [0.29, 0.717) is 13.1 Å². The van der Waals surface area contributed by atoms with E-state index >= 15 is 0 Å². The molecular formula is C12H23N3O4. The van der Waals surface area contributed by atoms with Crippen molar-refractivity contribution in [2.75, 3.05) is 26.7 Å². The van der Waals surface area contributed by atoms with Crippen molar-refractivity contribution in [2.45, 2.75) is 33.2 Å². The number of carboxylic acids is 1. The maximum Gasteiger partial charge on any atom is 0.318 e. The lowest BCUT2D eigenvalue weighted by Gasteiger charge is -2.25. The normalized spacial score (nSPS) is 11.6. The molecule has 7 nitrogen and oxygen atoms in total. The SMILES string of the molecule is CCN(C)C(=O)C(C)NC(=O)N(CC)CCC(=O)O. The highest BCUT2D eigenvalue weighted by molar-refractivity contribution is 5.86. The summed E-state index contributed by atoms with van der Waals surface area (Å²) in [5.74, 6) is -1.13. The van der Waals surface area contributed by atoms with Gasteiger partial charge in [0.2, 0.25) is 5.91 Å². The number of amides is 3. The molecule has 0 aromatic rings. The first kappa shape index (κ1) is 17.2. The molecule has 19 heavy (non-hydrogen) atoms. The second kappa shape index (κ2) is 8.34. The predicted octanol–water partition coefficient (Wildman–Crippen LogP) is 0.359. The van der Waals surface area contributed by atoms with Crippen molar-refractivity contribution in [2.24, 2.45) is 0 Å². The third kappa shape index (κ3) is 6.08. The number of rotatable bonds is 7. The van der Waals surface area contributed by atoms with E-state index in [1.165, 1.54) is 9.80 Å². The summed E-state index contributed by atoms with van der Waals surface area (Å²) in [5, 5.41) is 11.2. The van der Waals surface area contributed by atoms with Crippen LogP contribution >= 0.6 is 0 Å². The number of carbonyl (C=O) groups excluding carboxylic acids is 2. The van der Waals surface area contributed by atoms with Gasteiger partial charge in [-0.15, -0.1) is 0 Å². The van der Waals surface area contributed by atoms with Crippen molar-refractivity contribution in [1.29, 1.82) is 0 Å². The van der Waals surface area contributed by atoms with Gasteiger partial charge in [0.25, 0.3) is 0 Å². The summed E-state index contributed by atoms with van der Waals surface area (Å²) < 4.78 is 0. The van der Waals surface area contributed by atoms with E-state index in [4.69, 9.17) is 5.11 Å². The van der Waals surface area contributed by atoms with E-state index in [-0.39, 0.29) is 18.9 Å². The zero-order valence-electron chi connectivity index (χ0n) is 12.0. The minimum Gasteiger partial charge on any atom is -0.481 e. The fourth-order valence-corrected chi connectivity index (χ4v) is 1.46. The standard InChI is InChI=1S/C12H23N3O4/c1-5-14(4)11(18)9(3)13-12(19)15(6-2)8-7-10(16)17/h9H,5-8H2,1-4H3,(H,13,19)(H,16,17). The molecule has 0 saturated heterocycles. The first-order valence-corrected chi connectivity index (χ1v) is 6.35. The van der Waals surface area contributed by atoms with Gasteiger partial charge in [-0.3, -0.25) is 9.59 Å². The molecule has 0 aliphatic rings. The van der Waals surface area contributed by atoms with Crippen LogP contribution in [0, 0.1) is 0 Å². The number of nitrogens with zero attached hydrogens (tertiary/aromatic N) is 2. The van der Waals surface area contributed by atoms with Crippen molar-refractivity contribution >= 4 is 17.9 Å². The van der Waals surface area contributed by atoms with Crippen molar-refractivity contribution in [3.8, 4) is 0 Å². The van der Waals surface area contributed by atoms with E-state index in [1.807, 2.05) is 6.92 Å². The van der Waals surface area contributed by atoms with Gasteiger partial charge in [0.1, 0.15) is 6.04 Å². The number of urea groups is 1. The largest absolute Gasteiger partial charge is 0.481 e. The Kier molecular flexibility index (Phi) is 7.55. The summed E-state index contributed by atoms with van der Waals surface area (Å²) in [5.41, 5.74) is 0. The molecule has 3 amide bonds. The Hall–Kier alpha value is -1.79. The summed E-state index contributed by atoms with van der Waals surface area (Å²) in [6.45, 7) is 6.29. The molecule has 1 atom stereocenters. The maximum atomic E-state index is 11.9. The highest BCUT2D eigenvalue weighted by atomic mass is 16.4. The Morgan fingerprint density at radius 2 is 1.79 bits per heavy atom. The zero-order chi connectivity index (χ0) is 15.0. The fourth-order valence-electron chi connectivity index (χ4n) is 1.46. The summed E-state index contributed by atoms with van der Waals surface area (Å²) in [6.07, 6.45) is -0.113. The average molecular weight is 273 g/mol. The van der Waals surface area contributed by atoms with Crippen LogP contribution in [0.4, 0.5) is 4.79 Å². The lowest BCUT2D eigenvalue weighted by molar-refractivity contribution is -0.137. The predicted molar refractivity (Wildman–Crippen MR) is 70.8 cm³/mol. The summed E-state index contributed by atoms with van der Waals surface area (Å²) in [6, 6.07) is -1.05. The van der Waals surface area contributed by atoms with Gasteiger partial charge in [0.05, 0.1) is 6.42 Å². The minimum absolute atomic E-state index is 0.113. The molecule has 2 N–H and O–H groups in total. The molecule has 0 saturated carbocycles. The molecule has 0 bridgehead atoms. The van der Waals surface area contributed by atoms with Gasteiger partial charge in [0, 0.05) is 26.7 Å². The first-order valence-electron chi connectivity index (χ1n) is 6.35. The molecule has 0 aliphatic heterocycles. The number of nitrogens with one attached hydrogen (secondary N) is 1. The number of likely N-dealkylation sites (N-methyl/N-ethyl adjacent to an activating group) is 1. The average Bonchev–Trinajstić information content (AvgIpc) is 2.37.